The summed E-state index contributed by atoms with van der Waals surface area (Å²) in [4.78, 5) is 3.96. The topological polar surface area (TPSA) is 57.4 Å². The summed E-state index contributed by atoms with van der Waals surface area (Å²) in [7, 11) is 0. The van der Waals surface area contributed by atoms with E-state index >= 15 is 0 Å². The molecule has 0 aromatic carbocycles. The molecule has 4 nitrogen and oxygen atoms in total. The molecular formula is C12H20N2O2. The van der Waals surface area contributed by atoms with Gasteiger partial charge in [-0.3, -0.25) is 4.98 Å². The monoisotopic (exact) mass is 224 g/mol. The van der Waals surface area contributed by atoms with E-state index in [1.807, 2.05) is 12.1 Å². The average molecular weight is 224 g/mol. The lowest BCUT2D eigenvalue weighted by Gasteiger charge is -2.16. The first-order valence-corrected chi connectivity index (χ1v) is 5.67. The summed E-state index contributed by atoms with van der Waals surface area (Å²) >= 11 is 0. The molecule has 1 unspecified atom stereocenters. The van der Waals surface area contributed by atoms with Crippen molar-refractivity contribution in [3.63, 3.8) is 0 Å². The SMILES string of the molecule is CCCOCCOC(CN)c1ccncc1. The number of hydrogen-bond acceptors (Lipinski definition) is 4. The van der Waals surface area contributed by atoms with E-state index in [1.54, 1.807) is 12.4 Å². The molecule has 1 heterocycles. The van der Waals surface area contributed by atoms with Gasteiger partial charge < -0.3 is 15.2 Å². The zero-order chi connectivity index (χ0) is 11.6. The number of aromatic nitrogens is 1. The molecule has 1 aromatic rings. The maximum absolute atomic E-state index is 5.66. The molecule has 0 fully saturated rings. The molecule has 0 aliphatic rings. The molecule has 0 amide bonds. The lowest BCUT2D eigenvalue weighted by Crippen LogP contribution is -2.18. The minimum Gasteiger partial charge on any atom is -0.379 e. The van der Waals surface area contributed by atoms with Crippen LogP contribution >= 0.6 is 0 Å². The summed E-state index contributed by atoms with van der Waals surface area (Å²) in [5.41, 5.74) is 6.72. The van der Waals surface area contributed by atoms with Crippen LogP contribution in [0.15, 0.2) is 24.5 Å². The Hall–Kier alpha value is -0.970. The predicted octanol–water partition coefficient (Wildman–Crippen LogP) is 1.52. The molecule has 16 heavy (non-hydrogen) atoms. The molecule has 1 rings (SSSR count). The van der Waals surface area contributed by atoms with Gasteiger partial charge in [0, 0.05) is 25.5 Å². The first kappa shape index (κ1) is 13.1. The molecule has 2 N–H and O–H groups in total. The number of rotatable bonds is 8. The van der Waals surface area contributed by atoms with Crippen LogP contribution in [0.4, 0.5) is 0 Å². The highest BCUT2D eigenvalue weighted by atomic mass is 16.5. The second kappa shape index (κ2) is 8.21. The van der Waals surface area contributed by atoms with E-state index in [2.05, 4.69) is 11.9 Å². The van der Waals surface area contributed by atoms with Crippen LogP contribution in [0.5, 0.6) is 0 Å². The molecule has 1 aromatic heterocycles. The summed E-state index contributed by atoms with van der Waals surface area (Å²) in [6.07, 6.45) is 4.46. The van der Waals surface area contributed by atoms with Gasteiger partial charge in [0.05, 0.1) is 19.3 Å². The molecule has 0 aliphatic heterocycles. The first-order valence-electron chi connectivity index (χ1n) is 5.67. The standard InChI is InChI=1S/C12H20N2O2/c1-2-7-15-8-9-16-12(10-13)11-3-5-14-6-4-11/h3-6,12H,2,7-10,13H2,1H3. The van der Waals surface area contributed by atoms with Crippen LogP contribution in [-0.2, 0) is 9.47 Å². The highest BCUT2D eigenvalue weighted by Crippen LogP contribution is 2.14. The van der Waals surface area contributed by atoms with Gasteiger partial charge in [-0.25, -0.2) is 0 Å². The van der Waals surface area contributed by atoms with Gasteiger partial charge in [0.15, 0.2) is 0 Å². The third-order valence-electron chi connectivity index (χ3n) is 2.19. The van der Waals surface area contributed by atoms with Crippen LogP contribution in [0.3, 0.4) is 0 Å². The Morgan fingerprint density at radius 1 is 1.25 bits per heavy atom. The van der Waals surface area contributed by atoms with Crippen LogP contribution in [0.2, 0.25) is 0 Å². The molecular weight excluding hydrogens is 204 g/mol. The zero-order valence-electron chi connectivity index (χ0n) is 9.76. The number of pyridine rings is 1. The van der Waals surface area contributed by atoms with Crippen LogP contribution in [0, 0.1) is 0 Å². The van der Waals surface area contributed by atoms with Crippen molar-refractivity contribution in [3.05, 3.63) is 30.1 Å². The lowest BCUT2D eigenvalue weighted by molar-refractivity contribution is 0.00763. The van der Waals surface area contributed by atoms with E-state index in [0.29, 0.717) is 19.8 Å². The van der Waals surface area contributed by atoms with Crippen LogP contribution in [-0.4, -0.2) is 31.3 Å². The lowest BCUT2D eigenvalue weighted by atomic mass is 10.1. The van der Waals surface area contributed by atoms with E-state index in [9.17, 15) is 0 Å². The van der Waals surface area contributed by atoms with Crippen molar-refractivity contribution >= 4 is 0 Å². The van der Waals surface area contributed by atoms with Gasteiger partial charge in [0.1, 0.15) is 0 Å². The molecule has 0 saturated heterocycles. The summed E-state index contributed by atoms with van der Waals surface area (Å²) in [6, 6.07) is 3.84. The summed E-state index contributed by atoms with van der Waals surface area (Å²) < 4.78 is 11.0. The largest absolute Gasteiger partial charge is 0.379 e. The Morgan fingerprint density at radius 2 is 2.00 bits per heavy atom. The van der Waals surface area contributed by atoms with Gasteiger partial charge >= 0.3 is 0 Å². The molecule has 4 heteroatoms. The molecule has 0 radical (unpaired) electrons. The van der Waals surface area contributed by atoms with Gasteiger partial charge in [-0.05, 0) is 24.1 Å². The van der Waals surface area contributed by atoms with Crippen molar-refractivity contribution in [2.24, 2.45) is 5.73 Å². The molecule has 0 spiro atoms. The Labute approximate surface area is 96.8 Å². The zero-order valence-corrected chi connectivity index (χ0v) is 9.76. The number of ether oxygens (including phenoxy) is 2. The van der Waals surface area contributed by atoms with Crippen LogP contribution in [0.25, 0.3) is 0 Å². The summed E-state index contributed by atoms with van der Waals surface area (Å²) in [6.45, 7) is 4.53. The Bertz CT molecular complexity index is 267. The third kappa shape index (κ3) is 4.70. The number of nitrogens with two attached hydrogens (primary N) is 1. The van der Waals surface area contributed by atoms with Crippen molar-refractivity contribution in [1.29, 1.82) is 0 Å². The van der Waals surface area contributed by atoms with Crippen LogP contribution in [0.1, 0.15) is 25.0 Å². The number of hydrogen-bond donors (Lipinski definition) is 1. The van der Waals surface area contributed by atoms with Gasteiger partial charge in [-0.1, -0.05) is 6.92 Å². The smallest absolute Gasteiger partial charge is 0.0949 e. The van der Waals surface area contributed by atoms with Gasteiger partial charge in [-0.15, -0.1) is 0 Å². The quantitative estimate of drug-likeness (QED) is 0.680. The second-order valence-corrected chi connectivity index (χ2v) is 3.49. The van der Waals surface area contributed by atoms with E-state index in [1.165, 1.54) is 0 Å². The van der Waals surface area contributed by atoms with Crippen molar-refractivity contribution in [3.8, 4) is 0 Å². The van der Waals surface area contributed by atoms with Gasteiger partial charge in [0.25, 0.3) is 0 Å². The minimum absolute atomic E-state index is 0.0618. The maximum Gasteiger partial charge on any atom is 0.0949 e. The van der Waals surface area contributed by atoms with Crippen LogP contribution < -0.4 is 5.73 Å². The van der Waals surface area contributed by atoms with Crippen molar-refractivity contribution in [2.45, 2.75) is 19.4 Å². The molecule has 0 bridgehead atoms. The fourth-order valence-corrected chi connectivity index (χ4v) is 1.37. The van der Waals surface area contributed by atoms with E-state index in [4.69, 9.17) is 15.2 Å². The average Bonchev–Trinajstić information content (AvgIpc) is 2.35. The van der Waals surface area contributed by atoms with E-state index in [0.717, 1.165) is 18.6 Å². The minimum atomic E-state index is -0.0618. The Morgan fingerprint density at radius 3 is 2.62 bits per heavy atom. The first-order chi connectivity index (χ1) is 7.88. The van der Waals surface area contributed by atoms with Gasteiger partial charge in [-0.2, -0.15) is 0 Å². The maximum atomic E-state index is 5.66. The molecule has 0 saturated carbocycles. The predicted molar refractivity (Wildman–Crippen MR) is 63.1 cm³/mol. The number of nitrogens with zero attached hydrogens (tertiary/aromatic N) is 1. The van der Waals surface area contributed by atoms with E-state index in [-0.39, 0.29) is 6.10 Å². The fourth-order valence-electron chi connectivity index (χ4n) is 1.37. The highest BCUT2D eigenvalue weighted by molar-refractivity contribution is 5.13. The van der Waals surface area contributed by atoms with E-state index < -0.39 is 0 Å². The van der Waals surface area contributed by atoms with Gasteiger partial charge in [0.2, 0.25) is 0 Å². The van der Waals surface area contributed by atoms with Crippen molar-refractivity contribution < 1.29 is 9.47 Å². The fraction of sp³-hybridized carbons (Fsp3) is 0.583. The van der Waals surface area contributed by atoms with Crippen molar-refractivity contribution in [1.82, 2.24) is 4.98 Å². The molecule has 0 aliphatic carbocycles. The Kier molecular flexibility index (Phi) is 6.72. The molecule has 1 atom stereocenters. The summed E-state index contributed by atoms with van der Waals surface area (Å²) in [5, 5.41) is 0. The summed E-state index contributed by atoms with van der Waals surface area (Å²) in [5.74, 6) is 0. The normalized spacial score (nSPS) is 12.6. The Balaban J connectivity index is 2.27. The third-order valence-corrected chi connectivity index (χ3v) is 2.19. The highest BCUT2D eigenvalue weighted by Gasteiger charge is 2.08. The van der Waals surface area contributed by atoms with Crippen molar-refractivity contribution in [2.75, 3.05) is 26.4 Å². The molecule has 90 valence electrons. The second-order valence-electron chi connectivity index (χ2n) is 3.49.